The van der Waals surface area contributed by atoms with Crippen molar-refractivity contribution in [1.29, 1.82) is 0 Å². The summed E-state index contributed by atoms with van der Waals surface area (Å²) in [5.41, 5.74) is -0.850. The van der Waals surface area contributed by atoms with E-state index < -0.39 is 11.5 Å². The van der Waals surface area contributed by atoms with E-state index in [9.17, 15) is 9.90 Å². The first-order chi connectivity index (χ1) is 8.83. The molecule has 1 aliphatic rings. The van der Waals surface area contributed by atoms with Crippen molar-refractivity contribution in [3.8, 4) is 0 Å². The van der Waals surface area contributed by atoms with Crippen molar-refractivity contribution in [2.45, 2.75) is 69.9 Å². The van der Waals surface area contributed by atoms with Gasteiger partial charge in [0, 0.05) is 23.7 Å². The van der Waals surface area contributed by atoms with Crippen molar-refractivity contribution in [3.63, 3.8) is 0 Å². The smallest absolute Gasteiger partial charge is 0.323 e. The summed E-state index contributed by atoms with van der Waals surface area (Å²) >= 11 is 1.82. The first-order valence-corrected chi connectivity index (χ1v) is 8.12. The number of thioether (sulfide) groups is 1. The third kappa shape index (κ3) is 5.71. The molecule has 1 fully saturated rings. The molecule has 0 radical (unpaired) electrons. The molecule has 0 spiro atoms. The van der Waals surface area contributed by atoms with Gasteiger partial charge in [-0.1, -0.05) is 6.92 Å². The number of rotatable bonds is 8. The van der Waals surface area contributed by atoms with Crippen LogP contribution in [-0.2, 0) is 9.53 Å². The standard InChI is InChI=1S/C14H27NO3S/c1-10(2)15-14(4,13(16)17)8-11(3)19-9-12-6-5-7-18-12/h10-12,15H,5-9H2,1-4H3,(H,16,17). The van der Waals surface area contributed by atoms with Gasteiger partial charge < -0.3 is 9.84 Å². The van der Waals surface area contributed by atoms with Gasteiger partial charge in [-0.05, 0) is 40.0 Å². The van der Waals surface area contributed by atoms with Gasteiger partial charge >= 0.3 is 5.97 Å². The quantitative estimate of drug-likeness (QED) is 0.719. The number of aliphatic carboxylic acids is 1. The molecule has 0 aromatic heterocycles. The van der Waals surface area contributed by atoms with E-state index in [1.807, 2.05) is 25.6 Å². The first-order valence-electron chi connectivity index (χ1n) is 7.08. The van der Waals surface area contributed by atoms with Gasteiger partial charge in [-0.3, -0.25) is 10.1 Å². The molecule has 0 aliphatic carbocycles. The average molecular weight is 289 g/mol. The normalized spacial score (nSPS) is 24.4. The zero-order valence-electron chi connectivity index (χ0n) is 12.4. The van der Waals surface area contributed by atoms with Crippen LogP contribution in [0, 0.1) is 0 Å². The molecule has 3 atom stereocenters. The van der Waals surface area contributed by atoms with Crippen LogP contribution in [0.25, 0.3) is 0 Å². The van der Waals surface area contributed by atoms with Crippen LogP contribution in [0.1, 0.15) is 47.0 Å². The largest absolute Gasteiger partial charge is 0.480 e. The molecule has 112 valence electrons. The molecule has 5 heteroatoms. The van der Waals surface area contributed by atoms with E-state index in [1.54, 1.807) is 6.92 Å². The molecule has 1 saturated heterocycles. The number of carboxylic acids is 1. The van der Waals surface area contributed by atoms with Crippen molar-refractivity contribution in [3.05, 3.63) is 0 Å². The van der Waals surface area contributed by atoms with Crippen LogP contribution in [0.2, 0.25) is 0 Å². The van der Waals surface area contributed by atoms with Crippen LogP contribution in [0.3, 0.4) is 0 Å². The fourth-order valence-corrected chi connectivity index (χ4v) is 3.78. The maximum absolute atomic E-state index is 11.5. The predicted octanol–water partition coefficient (Wildman–Crippen LogP) is 2.52. The van der Waals surface area contributed by atoms with Crippen molar-refractivity contribution >= 4 is 17.7 Å². The number of hydrogen-bond donors (Lipinski definition) is 2. The second kappa shape index (κ2) is 7.50. The maximum Gasteiger partial charge on any atom is 0.323 e. The van der Waals surface area contributed by atoms with Crippen molar-refractivity contribution in [1.82, 2.24) is 5.32 Å². The first kappa shape index (κ1) is 16.8. The summed E-state index contributed by atoms with van der Waals surface area (Å²) in [5, 5.41) is 12.9. The predicted molar refractivity (Wildman–Crippen MR) is 79.8 cm³/mol. The minimum Gasteiger partial charge on any atom is -0.480 e. The van der Waals surface area contributed by atoms with Crippen LogP contribution >= 0.6 is 11.8 Å². The maximum atomic E-state index is 11.5. The second-order valence-corrected chi connectivity index (χ2v) is 7.39. The molecule has 4 nitrogen and oxygen atoms in total. The van der Waals surface area contributed by atoms with Crippen LogP contribution < -0.4 is 5.32 Å². The van der Waals surface area contributed by atoms with Crippen molar-refractivity contribution in [2.24, 2.45) is 0 Å². The summed E-state index contributed by atoms with van der Waals surface area (Å²) in [6.45, 7) is 8.71. The Labute approximate surface area is 120 Å². The average Bonchev–Trinajstić information content (AvgIpc) is 2.77. The Morgan fingerprint density at radius 2 is 2.21 bits per heavy atom. The highest BCUT2D eigenvalue weighted by Crippen LogP contribution is 2.26. The summed E-state index contributed by atoms with van der Waals surface area (Å²) in [4.78, 5) is 11.5. The summed E-state index contributed by atoms with van der Waals surface area (Å²) in [6.07, 6.45) is 3.28. The SMILES string of the molecule is CC(C)NC(C)(CC(C)SCC1CCCO1)C(=O)O. The van der Waals surface area contributed by atoms with Gasteiger partial charge in [0.15, 0.2) is 0 Å². The number of hydrogen-bond acceptors (Lipinski definition) is 4. The lowest BCUT2D eigenvalue weighted by Gasteiger charge is -2.31. The van der Waals surface area contributed by atoms with E-state index >= 15 is 0 Å². The van der Waals surface area contributed by atoms with Gasteiger partial charge in [0.2, 0.25) is 0 Å². The molecule has 2 N–H and O–H groups in total. The summed E-state index contributed by atoms with van der Waals surface area (Å²) in [6, 6.07) is 0.163. The molecular weight excluding hydrogens is 262 g/mol. The Kier molecular flexibility index (Phi) is 6.63. The van der Waals surface area contributed by atoms with Gasteiger partial charge in [-0.2, -0.15) is 11.8 Å². The zero-order valence-corrected chi connectivity index (χ0v) is 13.3. The van der Waals surface area contributed by atoms with Crippen LogP contribution in [0.15, 0.2) is 0 Å². The molecule has 1 rings (SSSR count). The number of carbonyl (C=O) groups is 1. The van der Waals surface area contributed by atoms with Crippen molar-refractivity contribution in [2.75, 3.05) is 12.4 Å². The fraction of sp³-hybridized carbons (Fsp3) is 0.929. The fourth-order valence-electron chi connectivity index (χ4n) is 2.53. The van der Waals surface area contributed by atoms with Gasteiger partial charge in [-0.25, -0.2) is 0 Å². The Morgan fingerprint density at radius 3 is 2.68 bits per heavy atom. The van der Waals surface area contributed by atoms with Gasteiger partial charge in [0.05, 0.1) is 6.10 Å². The van der Waals surface area contributed by atoms with E-state index in [0.29, 0.717) is 17.8 Å². The zero-order chi connectivity index (χ0) is 14.5. The molecular formula is C14H27NO3S. The lowest BCUT2D eigenvalue weighted by atomic mass is 9.95. The van der Waals surface area contributed by atoms with Gasteiger partial charge in [0.25, 0.3) is 0 Å². The Bertz CT molecular complexity index is 292. The molecule has 1 aliphatic heterocycles. The Morgan fingerprint density at radius 1 is 1.53 bits per heavy atom. The molecule has 0 amide bonds. The number of carboxylic acid groups (broad SMARTS) is 1. The third-order valence-electron chi connectivity index (χ3n) is 3.37. The van der Waals surface area contributed by atoms with Crippen LogP contribution in [-0.4, -0.2) is 46.4 Å². The lowest BCUT2D eigenvalue weighted by molar-refractivity contribution is -0.144. The van der Waals surface area contributed by atoms with E-state index in [4.69, 9.17) is 4.74 Å². The minimum atomic E-state index is -0.850. The highest BCUT2D eigenvalue weighted by atomic mass is 32.2. The summed E-state index contributed by atoms with van der Waals surface area (Å²) < 4.78 is 5.59. The third-order valence-corrected chi connectivity index (χ3v) is 4.67. The second-order valence-electron chi connectivity index (χ2n) is 5.92. The Hall–Kier alpha value is -0.260. The minimum absolute atomic E-state index is 0.163. The molecule has 1 heterocycles. The summed E-state index contributed by atoms with van der Waals surface area (Å²) in [7, 11) is 0. The molecule has 0 bridgehead atoms. The van der Waals surface area contributed by atoms with E-state index in [1.165, 1.54) is 0 Å². The molecule has 3 unspecified atom stereocenters. The molecule has 0 aromatic rings. The van der Waals surface area contributed by atoms with Crippen molar-refractivity contribution < 1.29 is 14.6 Å². The van der Waals surface area contributed by atoms with Gasteiger partial charge in [0.1, 0.15) is 5.54 Å². The van der Waals surface area contributed by atoms with Gasteiger partial charge in [-0.15, -0.1) is 0 Å². The Balaban J connectivity index is 2.41. The number of ether oxygens (including phenoxy) is 1. The highest BCUT2D eigenvalue weighted by molar-refractivity contribution is 7.99. The molecule has 19 heavy (non-hydrogen) atoms. The van der Waals surface area contributed by atoms with Crippen LogP contribution in [0.5, 0.6) is 0 Å². The van der Waals surface area contributed by atoms with E-state index in [2.05, 4.69) is 12.2 Å². The van der Waals surface area contributed by atoms with E-state index in [0.717, 1.165) is 25.2 Å². The summed E-state index contributed by atoms with van der Waals surface area (Å²) in [5.74, 6) is 0.198. The highest BCUT2D eigenvalue weighted by Gasteiger charge is 2.35. The number of nitrogens with one attached hydrogen (secondary N) is 1. The monoisotopic (exact) mass is 289 g/mol. The van der Waals surface area contributed by atoms with E-state index in [-0.39, 0.29) is 6.04 Å². The van der Waals surface area contributed by atoms with Crippen LogP contribution in [0.4, 0.5) is 0 Å². The molecule has 0 aromatic carbocycles. The topological polar surface area (TPSA) is 58.6 Å². The molecule has 0 saturated carbocycles. The lowest BCUT2D eigenvalue weighted by Crippen LogP contribution is -2.53.